The summed E-state index contributed by atoms with van der Waals surface area (Å²) < 4.78 is 5.96. The lowest BCUT2D eigenvalue weighted by molar-refractivity contribution is -0.146. The molecule has 0 aromatic heterocycles. The van der Waals surface area contributed by atoms with E-state index in [1.807, 2.05) is 24.3 Å². The molecule has 0 bridgehead atoms. The molecule has 2 unspecified atom stereocenters. The molecule has 116 valence electrons. The second-order valence-corrected chi connectivity index (χ2v) is 6.56. The summed E-state index contributed by atoms with van der Waals surface area (Å²) in [6, 6.07) is 14.5. The van der Waals surface area contributed by atoms with Crippen LogP contribution < -0.4 is 4.74 Å². The molecule has 0 aliphatic rings. The summed E-state index contributed by atoms with van der Waals surface area (Å²) >= 11 is 4.74. The normalized spacial score (nSPS) is 13.4. The van der Waals surface area contributed by atoms with E-state index in [4.69, 9.17) is 9.84 Å². The second-order valence-electron chi connectivity index (χ2n) is 4.53. The van der Waals surface area contributed by atoms with Gasteiger partial charge >= 0.3 is 5.97 Å². The second kappa shape index (κ2) is 7.67. The van der Waals surface area contributed by atoms with E-state index >= 15 is 0 Å². The minimum atomic E-state index is -1.51. The van der Waals surface area contributed by atoms with Gasteiger partial charge in [-0.1, -0.05) is 24.3 Å². The number of hydrogen-bond donors (Lipinski definition) is 2. The Morgan fingerprint density at radius 2 is 1.82 bits per heavy atom. The van der Waals surface area contributed by atoms with Crippen molar-refractivity contribution < 1.29 is 19.7 Å². The Morgan fingerprint density at radius 3 is 2.36 bits per heavy atom. The minimum Gasteiger partial charge on any atom is -0.497 e. The highest BCUT2D eigenvalue weighted by Crippen LogP contribution is 2.41. The molecule has 2 aromatic rings. The van der Waals surface area contributed by atoms with Crippen LogP contribution in [-0.2, 0) is 4.79 Å². The smallest absolute Gasteiger partial charge is 0.334 e. The van der Waals surface area contributed by atoms with Gasteiger partial charge in [-0.2, -0.15) is 0 Å². The number of thioether (sulfide) groups is 1. The van der Waals surface area contributed by atoms with Gasteiger partial charge in [-0.25, -0.2) is 4.79 Å². The topological polar surface area (TPSA) is 66.8 Å². The zero-order valence-electron chi connectivity index (χ0n) is 11.8. The fraction of sp³-hybridized carbons (Fsp3) is 0.188. The molecular formula is C16H15BrO4S. The Hall–Kier alpha value is -1.50. The summed E-state index contributed by atoms with van der Waals surface area (Å²) in [5.74, 6) is -0.571. The molecule has 2 aromatic carbocycles. The Kier molecular flexibility index (Phi) is 5.88. The number of halogens is 1. The summed E-state index contributed by atoms with van der Waals surface area (Å²) in [5.41, 5.74) is 0.719. The maximum Gasteiger partial charge on any atom is 0.334 e. The van der Waals surface area contributed by atoms with Crippen LogP contribution in [0, 0.1) is 0 Å². The lowest BCUT2D eigenvalue weighted by atomic mass is 10.1. The lowest BCUT2D eigenvalue weighted by Crippen LogP contribution is -2.25. The predicted molar refractivity (Wildman–Crippen MR) is 89.4 cm³/mol. The fourth-order valence-electron chi connectivity index (χ4n) is 1.91. The van der Waals surface area contributed by atoms with Crippen molar-refractivity contribution in [2.45, 2.75) is 16.2 Å². The van der Waals surface area contributed by atoms with E-state index in [0.717, 1.165) is 14.9 Å². The lowest BCUT2D eigenvalue weighted by Gasteiger charge is -2.21. The van der Waals surface area contributed by atoms with Crippen molar-refractivity contribution in [1.29, 1.82) is 0 Å². The first-order valence-electron chi connectivity index (χ1n) is 6.49. The molecule has 0 amide bonds. The van der Waals surface area contributed by atoms with Gasteiger partial charge in [-0.15, -0.1) is 11.8 Å². The van der Waals surface area contributed by atoms with Crippen molar-refractivity contribution in [1.82, 2.24) is 0 Å². The van der Waals surface area contributed by atoms with E-state index in [1.165, 1.54) is 11.8 Å². The van der Waals surface area contributed by atoms with Crippen molar-refractivity contribution in [2.24, 2.45) is 0 Å². The van der Waals surface area contributed by atoms with Crippen LogP contribution in [0.15, 0.2) is 57.9 Å². The van der Waals surface area contributed by atoms with Gasteiger partial charge in [0.2, 0.25) is 0 Å². The van der Waals surface area contributed by atoms with E-state index < -0.39 is 17.3 Å². The molecule has 2 atom stereocenters. The number of carbonyl (C=O) groups is 1. The first-order valence-corrected chi connectivity index (χ1v) is 8.16. The molecule has 0 aliphatic carbocycles. The fourth-order valence-corrected chi connectivity index (χ4v) is 3.63. The molecule has 0 saturated carbocycles. The van der Waals surface area contributed by atoms with Crippen molar-refractivity contribution >= 4 is 33.7 Å². The van der Waals surface area contributed by atoms with Crippen molar-refractivity contribution in [3.05, 3.63) is 58.6 Å². The Labute approximate surface area is 141 Å². The average Bonchev–Trinajstić information content (AvgIpc) is 2.53. The quantitative estimate of drug-likeness (QED) is 0.744. The Morgan fingerprint density at radius 1 is 1.18 bits per heavy atom. The summed E-state index contributed by atoms with van der Waals surface area (Å²) in [7, 11) is 1.56. The molecule has 0 aliphatic heterocycles. The van der Waals surface area contributed by atoms with Crippen LogP contribution >= 0.6 is 27.7 Å². The molecule has 0 spiro atoms. The third-order valence-corrected chi connectivity index (χ3v) is 5.42. The summed E-state index contributed by atoms with van der Waals surface area (Å²) in [6.45, 7) is 0. The zero-order valence-corrected chi connectivity index (χ0v) is 14.2. The van der Waals surface area contributed by atoms with E-state index in [1.54, 1.807) is 31.4 Å². The highest BCUT2D eigenvalue weighted by atomic mass is 79.9. The van der Waals surface area contributed by atoms with Crippen LogP contribution in [0.5, 0.6) is 5.75 Å². The summed E-state index contributed by atoms with van der Waals surface area (Å²) in [5, 5.41) is 18.6. The number of aliphatic hydroxyl groups is 1. The number of rotatable bonds is 6. The molecule has 2 rings (SSSR count). The highest BCUT2D eigenvalue weighted by molar-refractivity contribution is 9.10. The maximum absolute atomic E-state index is 11.2. The largest absolute Gasteiger partial charge is 0.497 e. The first kappa shape index (κ1) is 16.9. The first-order chi connectivity index (χ1) is 10.5. The average molecular weight is 383 g/mol. The van der Waals surface area contributed by atoms with Crippen molar-refractivity contribution in [3.63, 3.8) is 0 Å². The molecule has 6 heteroatoms. The van der Waals surface area contributed by atoms with Crippen LogP contribution in [0.1, 0.15) is 10.8 Å². The number of carboxylic acid groups (broad SMARTS) is 1. The van der Waals surface area contributed by atoms with Gasteiger partial charge in [-0.05, 0) is 45.8 Å². The van der Waals surface area contributed by atoms with Crippen molar-refractivity contribution in [2.75, 3.05) is 7.11 Å². The maximum atomic E-state index is 11.2. The van der Waals surface area contributed by atoms with Gasteiger partial charge in [0.15, 0.2) is 6.10 Å². The SMILES string of the molecule is COc1ccc(C(Sc2ccccc2Br)C(O)C(=O)O)cc1. The summed E-state index contributed by atoms with van der Waals surface area (Å²) in [6.07, 6.45) is -1.51. The predicted octanol–water partition coefficient (Wildman–Crippen LogP) is 3.74. The number of hydrogen-bond acceptors (Lipinski definition) is 4. The van der Waals surface area contributed by atoms with Crippen LogP contribution in [0.4, 0.5) is 0 Å². The van der Waals surface area contributed by atoms with Crippen LogP contribution in [0.25, 0.3) is 0 Å². The molecule has 2 N–H and O–H groups in total. The molecule has 0 heterocycles. The highest BCUT2D eigenvalue weighted by Gasteiger charge is 2.28. The van der Waals surface area contributed by atoms with Crippen LogP contribution in [0.3, 0.4) is 0 Å². The van der Waals surface area contributed by atoms with E-state index in [2.05, 4.69) is 15.9 Å². The number of ether oxygens (including phenoxy) is 1. The molecule has 0 fully saturated rings. The molecule has 0 radical (unpaired) electrons. The van der Waals surface area contributed by atoms with Crippen LogP contribution in [-0.4, -0.2) is 29.4 Å². The molecule has 0 saturated heterocycles. The Bertz CT molecular complexity index is 645. The number of carboxylic acids is 1. The molecule has 22 heavy (non-hydrogen) atoms. The number of benzene rings is 2. The van der Waals surface area contributed by atoms with E-state index in [-0.39, 0.29) is 0 Å². The van der Waals surface area contributed by atoms with Gasteiger partial charge < -0.3 is 14.9 Å². The number of aliphatic hydroxyl groups excluding tert-OH is 1. The third-order valence-electron chi connectivity index (χ3n) is 3.07. The van der Waals surface area contributed by atoms with Gasteiger partial charge in [0.05, 0.1) is 12.4 Å². The molecule has 4 nitrogen and oxygen atoms in total. The standard InChI is InChI=1S/C16H15BrO4S/c1-21-11-8-6-10(7-9-11)15(14(18)16(19)20)22-13-5-3-2-4-12(13)17/h2-9,14-15,18H,1H3,(H,19,20). The Balaban J connectivity index is 2.33. The van der Waals surface area contributed by atoms with E-state index in [0.29, 0.717) is 5.75 Å². The van der Waals surface area contributed by atoms with Gasteiger partial charge in [0.25, 0.3) is 0 Å². The third kappa shape index (κ3) is 4.03. The van der Waals surface area contributed by atoms with Crippen molar-refractivity contribution in [3.8, 4) is 5.75 Å². The summed E-state index contributed by atoms with van der Waals surface area (Å²) in [4.78, 5) is 12.1. The zero-order chi connectivity index (χ0) is 16.1. The minimum absolute atomic E-state index is 0.623. The monoisotopic (exact) mass is 382 g/mol. The van der Waals surface area contributed by atoms with Gasteiger partial charge in [0.1, 0.15) is 5.75 Å². The van der Waals surface area contributed by atoms with Gasteiger partial charge in [0, 0.05) is 9.37 Å². The number of aliphatic carboxylic acids is 1. The van der Waals surface area contributed by atoms with E-state index in [9.17, 15) is 9.90 Å². The number of methoxy groups -OCH3 is 1. The molecular weight excluding hydrogens is 368 g/mol. The van der Waals surface area contributed by atoms with Crippen LogP contribution in [0.2, 0.25) is 0 Å². The van der Waals surface area contributed by atoms with Gasteiger partial charge in [-0.3, -0.25) is 0 Å².